The lowest BCUT2D eigenvalue weighted by molar-refractivity contribution is -0.0225. The molecule has 0 aromatic heterocycles. The Balaban J connectivity index is 2.28. The van der Waals surface area contributed by atoms with Gasteiger partial charge < -0.3 is 15.6 Å². The Labute approximate surface area is 73.9 Å². The third-order valence-corrected chi connectivity index (χ3v) is 2.35. The zero-order valence-electron chi connectivity index (χ0n) is 7.92. The molecule has 0 aromatic carbocycles. The van der Waals surface area contributed by atoms with Crippen LogP contribution in [0, 0.1) is 0 Å². The first-order valence-corrected chi connectivity index (χ1v) is 4.58. The molecule has 1 saturated heterocycles. The van der Waals surface area contributed by atoms with Gasteiger partial charge in [0.15, 0.2) is 0 Å². The fourth-order valence-corrected chi connectivity index (χ4v) is 1.66. The molecule has 0 spiro atoms. The SMILES string of the molecule is CC1(C)CC[C@H](C[C@@H](N)CO)O1. The molecular formula is C9H19NO2. The minimum absolute atomic E-state index is 0.0137. The smallest absolute Gasteiger partial charge is 0.0631 e. The van der Waals surface area contributed by atoms with Crippen molar-refractivity contribution in [1.29, 1.82) is 0 Å². The van der Waals surface area contributed by atoms with E-state index in [0.717, 1.165) is 19.3 Å². The van der Waals surface area contributed by atoms with E-state index in [9.17, 15) is 0 Å². The van der Waals surface area contributed by atoms with Crippen LogP contribution in [0.25, 0.3) is 0 Å². The molecule has 0 radical (unpaired) electrons. The average Bonchev–Trinajstić information content (AvgIpc) is 2.30. The van der Waals surface area contributed by atoms with Crippen molar-refractivity contribution in [2.45, 2.75) is 50.9 Å². The maximum Gasteiger partial charge on any atom is 0.0631 e. The van der Waals surface area contributed by atoms with Crippen molar-refractivity contribution in [3.05, 3.63) is 0 Å². The first-order chi connectivity index (χ1) is 5.53. The van der Waals surface area contributed by atoms with E-state index in [1.54, 1.807) is 0 Å². The van der Waals surface area contributed by atoms with Crippen molar-refractivity contribution >= 4 is 0 Å². The molecule has 0 aliphatic carbocycles. The molecule has 0 aromatic rings. The van der Waals surface area contributed by atoms with Crippen molar-refractivity contribution in [3.8, 4) is 0 Å². The predicted molar refractivity (Wildman–Crippen MR) is 47.9 cm³/mol. The Hall–Kier alpha value is -0.120. The van der Waals surface area contributed by atoms with Crippen molar-refractivity contribution in [3.63, 3.8) is 0 Å². The van der Waals surface area contributed by atoms with Gasteiger partial charge >= 0.3 is 0 Å². The van der Waals surface area contributed by atoms with E-state index in [1.807, 2.05) is 0 Å². The Morgan fingerprint density at radius 2 is 2.33 bits per heavy atom. The van der Waals surface area contributed by atoms with E-state index >= 15 is 0 Å². The van der Waals surface area contributed by atoms with Crippen LogP contribution in [0.15, 0.2) is 0 Å². The summed E-state index contributed by atoms with van der Waals surface area (Å²) in [5.41, 5.74) is 5.63. The maximum atomic E-state index is 8.74. The van der Waals surface area contributed by atoms with Crippen molar-refractivity contribution < 1.29 is 9.84 Å². The molecule has 2 atom stereocenters. The Morgan fingerprint density at radius 3 is 2.75 bits per heavy atom. The van der Waals surface area contributed by atoms with E-state index in [-0.39, 0.29) is 24.4 Å². The number of rotatable bonds is 3. The number of aliphatic hydroxyl groups excluding tert-OH is 1. The van der Waals surface area contributed by atoms with Gasteiger partial charge in [-0.2, -0.15) is 0 Å². The van der Waals surface area contributed by atoms with Gasteiger partial charge in [-0.25, -0.2) is 0 Å². The quantitative estimate of drug-likeness (QED) is 0.659. The summed E-state index contributed by atoms with van der Waals surface area (Å²) in [5.74, 6) is 0. The van der Waals surface area contributed by atoms with Crippen molar-refractivity contribution in [2.24, 2.45) is 5.73 Å². The molecule has 0 unspecified atom stereocenters. The average molecular weight is 173 g/mol. The molecule has 0 amide bonds. The van der Waals surface area contributed by atoms with Crippen LogP contribution in [0.4, 0.5) is 0 Å². The lowest BCUT2D eigenvalue weighted by Gasteiger charge is -2.20. The van der Waals surface area contributed by atoms with Gasteiger partial charge in [-0.15, -0.1) is 0 Å². The lowest BCUT2D eigenvalue weighted by Crippen LogP contribution is -2.30. The Morgan fingerprint density at radius 1 is 1.67 bits per heavy atom. The fourth-order valence-electron chi connectivity index (χ4n) is 1.66. The number of ether oxygens (including phenoxy) is 1. The van der Waals surface area contributed by atoms with Crippen LogP contribution in [0.2, 0.25) is 0 Å². The zero-order chi connectivity index (χ0) is 9.19. The third kappa shape index (κ3) is 2.73. The van der Waals surface area contributed by atoms with E-state index < -0.39 is 0 Å². The van der Waals surface area contributed by atoms with Gasteiger partial charge in [0.05, 0.1) is 18.3 Å². The summed E-state index contributed by atoms with van der Waals surface area (Å²) >= 11 is 0. The summed E-state index contributed by atoms with van der Waals surface area (Å²) < 4.78 is 5.73. The first kappa shape index (κ1) is 9.96. The molecule has 1 heterocycles. The predicted octanol–water partition coefficient (Wildman–Crippen LogP) is 0.654. The second kappa shape index (κ2) is 3.73. The van der Waals surface area contributed by atoms with Gasteiger partial charge in [0.2, 0.25) is 0 Å². The van der Waals surface area contributed by atoms with Crippen molar-refractivity contribution in [2.75, 3.05) is 6.61 Å². The normalized spacial score (nSPS) is 30.5. The largest absolute Gasteiger partial charge is 0.395 e. The van der Waals surface area contributed by atoms with Gasteiger partial charge in [0, 0.05) is 6.04 Å². The summed E-state index contributed by atoms with van der Waals surface area (Å²) in [6, 6.07) is -0.121. The minimum Gasteiger partial charge on any atom is -0.395 e. The highest BCUT2D eigenvalue weighted by Gasteiger charge is 2.32. The first-order valence-electron chi connectivity index (χ1n) is 4.58. The van der Waals surface area contributed by atoms with E-state index in [1.165, 1.54) is 0 Å². The van der Waals surface area contributed by atoms with E-state index in [4.69, 9.17) is 15.6 Å². The van der Waals surface area contributed by atoms with Crippen LogP contribution >= 0.6 is 0 Å². The molecule has 1 aliphatic rings. The molecule has 1 fully saturated rings. The molecule has 12 heavy (non-hydrogen) atoms. The summed E-state index contributed by atoms with van der Waals surface area (Å²) in [6.07, 6.45) is 3.19. The summed E-state index contributed by atoms with van der Waals surface area (Å²) in [7, 11) is 0. The second-order valence-electron chi connectivity index (χ2n) is 4.22. The van der Waals surface area contributed by atoms with Gasteiger partial charge in [0.25, 0.3) is 0 Å². The van der Waals surface area contributed by atoms with Gasteiger partial charge in [-0.05, 0) is 33.1 Å². The highest BCUT2D eigenvalue weighted by Crippen LogP contribution is 2.31. The van der Waals surface area contributed by atoms with E-state index in [0.29, 0.717) is 0 Å². The molecule has 72 valence electrons. The molecule has 1 aliphatic heterocycles. The fraction of sp³-hybridized carbons (Fsp3) is 1.00. The van der Waals surface area contributed by atoms with Crippen LogP contribution in [0.1, 0.15) is 33.1 Å². The van der Waals surface area contributed by atoms with Crippen LogP contribution in [-0.2, 0) is 4.74 Å². The summed E-state index contributed by atoms with van der Waals surface area (Å²) in [6.45, 7) is 4.25. The molecule has 3 heteroatoms. The molecule has 1 rings (SSSR count). The highest BCUT2D eigenvalue weighted by atomic mass is 16.5. The van der Waals surface area contributed by atoms with Gasteiger partial charge in [-0.3, -0.25) is 0 Å². The molecule has 0 bridgehead atoms. The summed E-state index contributed by atoms with van der Waals surface area (Å²) in [4.78, 5) is 0. The van der Waals surface area contributed by atoms with E-state index in [2.05, 4.69) is 13.8 Å². The number of hydrogen-bond donors (Lipinski definition) is 2. The molecule has 3 nitrogen and oxygen atoms in total. The summed E-state index contributed by atoms with van der Waals surface area (Å²) in [5, 5.41) is 8.74. The van der Waals surface area contributed by atoms with Crippen LogP contribution in [0.3, 0.4) is 0 Å². The third-order valence-electron chi connectivity index (χ3n) is 2.35. The Bertz CT molecular complexity index is 147. The van der Waals surface area contributed by atoms with Crippen LogP contribution < -0.4 is 5.73 Å². The molecule has 3 N–H and O–H groups in total. The van der Waals surface area contributed by atoms with Gasteiger partial charge in [0.1, 0.15) is 0 Å². The Kier molecular flexibility index (Phi) is 3.09. The van der Waals surface area contributed by atoms with Crippen molar-refractivity contribution in [1.82, 2.24) is 0 Å². The lowest BCUT2D eigenvalue weighted by atomic mass is 10.0. The topological polar surface area (TPSA) is 55.5 Å². The monoisotopic (exact) mass is 173 g/mol. The maximum absolute atomic E-state index is 8.74. The highest BCUT2D eigenvalue weighted by molar-refractivity contribution is 4.82. The van der Waals surface area contributed by atoms with Crippen LogP contribution in [-0.4, -0.2) is 29.5 Å². The minimum atomic E-state index is -0.121. The number of hydrogen-bond acceptors (Lipinski definition) is 3. The zero-order valence-corrected chi connectivity index (χ0v) is 7.92. The molecule has 0 saturated carbocycles. The van der Waals surface area contributed by atoms with Gasteiger partial charge in [-0.1, -0.05) is 0 Å². The number of aliphatic hydroxyl groups is 1. The number of nitrogens with two attached hydrogens (primary N) is 1. The standard InChI is InChI=1S/C9H19NO2/c1-9(2)4-3-8(12-9)5-7(10)6-11/h7-8,11H,3-6,10H2,1-2H3/t7-,8-/m1/s1. The second-order valence-corrected chi connectivity index (χ2v) is 4.22. The van der Waals surface area contributed by atoms with Crippen LogP contribution in [0.5, 0.6) is 0 Å². The molecular weight excluding hydrogens is 154 g/mol.